The largest absolute Gasteiger partial charge is 0.368 e. The summed E-state index contributed by atoms with van der Waals surface area (Å²) in [5.41, 5.74) is 5.56. The Hall–Kier alpha value is -2.76. The Morgan fingerprint density at radius 2 is 1.82 bits per heavy atom. The van der Waals surface area contributed by atoms with Gasteiger partial charge >= 0.3 is 0 Å². The number of hydrogen-bond acceptors (Lipinski definition) is 2. The van der Waals surface area contributed by atoms with Crippen LogP contribution in [0.1, 0.15) is 15.9 Å². The summed E-state index contributed by atoms with van der Waals surface area (Å²) < 4.78 is 26.7. The molecule has 3 N–H and O–H groups in total. The lowest BCUT2D eigenvalue weighted by Gasteiger charge is -2.16. The zero-order valence-corrected chi connectivity index (χ0v) is 11.6. The molecule has 0 saturated heterocycles. The molecule has 0 spiro atoms. The standard InChI is InChI=1S/C16H14F2N2O2/c17-11-5-3-4-10(8-11)9-14(15(19)21)20-16(22)12-6-1-2-7-13(12)18/h1-8,14H,9H2,(H2,19,21)(H,20,22)/t14-/m1/s1. The van der Waals surface area contributed by atoms with Crippen LogP contribution in [0.5, 0.6) is 0 Å². The molecule has 0 fully saturated rings. The monoisotopic (exact) mass is 304 g/mol. The van der Waals surface area contributed by atoms with Crippen LogP contribution in [-0.2, 0) is 11.2 Å². The predicted octanol–water partition coefficient (Wildman–Crippen LogP) is 1.79. The first-order valence-corrected chi connectivity index (χ1v) is 6.56. The number of primary amides is 1. The third kappa shape index (κ3) is 3.88. The van der Waals surface area contributed by atoms with Crippen LogP contribution < -0.4 is 11.1 Å². The average Bonchev–Trinajstić information content (AvgIpc) is 2.46. The molecule has 22 heavy (non-hydrogen) atoms. The second-order valence-corrected chi connectivity index (χ2v) is 4.74. The zero-order chi connectivity index (χ0) is 16.1. The fraction of sp³-hybridized carbons (Fsp3) is 0.125. The van der Waals surface area contributed by atoms with Crippen molar-refractivity contribution in [3.8, 4) is 0 Å². The number of halogens is 2. The van der Waals surface area contributed by atoms with Crippen LogP contribution in [0.25, 0.3) is 0 Å². The minimum absolute atomic E-state index is 0.0211. The minimum Gasteiger partial charge on any atom is -0.368 e. The number of amides is 2. The van der Waals surface area contributed by atoms with Crippen molar-refractivity contribution in [2.24, 2.45) is 5.73 Å². The van der Waals surface area contributed by atoms with Crippen LogP contribution in [0.15, 0.2) is 48.5 Å². The molecule has 2 rings (SSSR count). The lowest BCUT2D eigenvalue weighted by Crippen LogP contribution is -2.46. The molecule has 2 amide bonds. The van der Waals surface area contributed by atoms with Gasteiger partial charge in [-0.1, -0.05) is 24.3 Å². The van der Waals surface area contributed by atoms with Gasteiger partial charge in [0.25, 0.3) is 5.91 Å². The molecule has 0 radical (unpaired) electrons. The van der Waals surface area contributed by atoms with E-state index in [4.69, 9.17) is 5.73 Å². The molecule has 0 bridgehead atoms. The summed E-state index contributed by atoms with van der Waals surface area (Å²) in [6, 6.07) is 9.93. The van der Waals surface area contributed by atoms with Gasteiger partial charge in [0.1, 0.15) is 17.7 Å². The van der Waals surface area contributed by atoms with E-state index in [1.54, 1.807) is 6.07 Å². The first-order chi connectivity index (χ1) is 10.5. The van der Waals surface area contributed by atoms with Crippen molar-refractivity contribution < 1.29 is 18.4 Å². The van der Waals surface area contributed by atoms with E-state index < -0.39 is 29.5 Å². The van der Waals surface area contributed by atoms with Gasteiger partial charge in [-0.3, -0.25) is 9.59 Å². The van der Waals surface area contributed by atoms with E-state index in [0.717, 1.165) is 6.07 Å². The lowest BCUT2D eigenvalue weighted by molar-refractivity contribution is -0.119. The molecule has 0 heterocycles. The highest BCUT2D eigenvalue weighted by Crippen LogP contribution is 2.09. The Labute approximate surface area is 125 Å². The minimum atomic E-state index is -1.06. The Bertz CT molecular complexity index is 704. The molecule has 4 nitrogen and oxygen atoms in total. The van der Waals surface area contributed by atoms with Crippen molar-refractivity contribution in [2.75, 3.05) is 0 Å². The summed E-state index contributed by atoms with van der Waals surface area (Å²) in [5.74, 6) is -2.69. The number of nitrogens with two attached hydrogens (primary N) is 1. The van der Waals surface area contributed by atoms with Gasteiger partial charge in [-0.15, -0.1) is 0 Å². The topological polar surface area (TPSA) is 72.2 Å². The number of nitrogens with one attached hydrogen (secondary N) is 1. The summed E-state index contributed by atoms with van der Waals surface area (Å²) >= 11 is 0. The molecule has 0 aliphatic carbocycles. The predicted molar refractivity (Wildman–Crippen MR) is 77.0 cm³/mol. The van der Waals surface area contributed by atoms with Crippen molar-refractivity contribution in [3.63, 3.8) is 0 Å². The number of carbonyl (C=O) groups excluding carboxylic acids is 2. The van der Waals surface area contributed by atoms with Crippen molar-refractivity contribution in [1.29, 1.82) is 0 Å². The van der Waals surface area contributed by atoms with Gasteiger partial charge in [0.2, 0.25) is 5.91 Å². The van der Waals surface area contributed by atoms with Crippen LogP contribution >= 0.6 is 0 Å². The van der Waals surface area contributed by atoms with Crippen LogP contribution in [-0.4, -0.2) is 17.9 Å². The van der Waals surface area contributed by atoms with Gasteiger partial charge in [-0.25, -0.2) is 8.78 Å². The maximum atomic E-state index is 13.5. The molecular weight excluding hydrogens is 290 g/mol. The Morgan fingerprint density at radius 3 is 2.45 bits per heavy atom. The van der Waals surface area contributed by atoms with Crippen LogP contribution in [0, 0.1) is 11.6 Å². The summed E-state index contributed by atoms with van der Waals surface area (Å²) in [6.07, 6.45) is 0.0211. The van der Waals surface area contributed by atoms with E-state index in [0.29, 0.717) is 5.56 Å². The molecular formula is C16H14F2N2O2. The van der Waals surface area contributed by atoms with Crippen LogP contribution in [0.3, 0.4) is 0 Å². The molecule has 2 aromatic carbocycles. The SMILES string of the molecule is NC(=O)[C@@H](Cc1cccc(F)c1)NC(=O)c1ccccc1F. The first-order valence-electron chi connectivity index (χ1n) is 6.56. The van der Waals surface area contributed by atoms with Crippen LogP contribution in [0.2, 0.25) is 0 Å². The Morgan fingerprint density at radius 1 is 1.09 bits per heavy atom. The Balaban J connectivity index is 2.14. The van der Waals surface area contributed by atoms with Gasteiger partial charge in [-0.2, -0.15) is 0 Å². The summed E-state index contributed by atoms with van der Waals surface area (Å²) in [5, 5.41) is 2.37. The summed E-state index contributed by atoms with van der Waals surface area (Å²) in [7, 11) is 0. The van der Waals surface area contributed by atoms with E-state index in [1.165, 1.54) is 36.4 Å². The Kier molecular flexibility index (Phi) is 4.83. The van der Waals surface area contributed by atoms with Gasteiger partial charge in [0, 0.05) is 6.42 Å². The second kappa shape index (κ2) is 6.80. The maximum absolute atomic E-state index is 13.5. The molecule has 0 aromatic heterocycles. The number of hydrogen-bond donors (Lipinski definition) is 2. The van der Waals surface area contributed by atoms with Gasteiger partial charge in [-0.05, 0) is 29.8 Å². The van der Waals surface area contributed by atoms with E-state index in [1.807, 2.05) is 0 Å². The number of carbonyl (C=O) groups is 2. The van der Waals surface area contributed by atoms with E-state index >= 15 is 0 Å². The smallest absolute Gasteiger partial charge is 0.254 e. The van der Waals surface area contributed by atoms with E-state index in [2.05, 4.69) is 5.32 Å². The van der Waals surface area contributed by atoms with Crippen LogP contribution in [0.4, 0.5) is 8.78 Å². The quantitative estimate of drug-likeness (QED) is 0.884. The third-order valence-electron chi connectivity index (χ3n) is 3.10. The average molecular weight is 304 g/mol. The molecule has 1 atom stereocenters. The molecule has 2 aromatic rings. The maximum Gasteiger partial charge on any atom is 0.254 e. The van der Waals surface area contributed by atoms with Crippen molar-refractivity contribution in [2.45, 2.75) is 12.5 Å². The molecule has 0 aliphatic rings. The zero-order valence-electron chi connectivity index (χ0n) is 11.6. The van der Waals surface area contributed by atoms with E-state index in [-0.39, 0.29) is 12.0 Å². The highest BCUT2D eigenvalue weighted by atomic mass is 19.1. The van der Waals surface area contributed by atoms with Gasteiger partial charge in [0.15, 0.2) is 0 Å². The van der Waals surface area contributed by atoms with Crippen molar-refractivity contribution >= 4 is 11.8 Å². The van der Waals surface area contributed by atoms with Gasteiger partial charge in [0.05, 0.1) is 5.56 Å². The molecule has 114 valence electrons. The van der Waals surface area contributed by atoms with Crippen molar-refractivity contribution in [3.05, 3.63) is 71.3 Å². The van der Waals surface area contributed by atoms with E-state index in [9.17, 15) is 18.4 Å². The fourth-order valence-corrected chi connectivity index (χ4v) is 2.00. The summed E-state index contributed by atoms with van der Waals surface area (Å²) in [6.45, 7) is 0. The molecule has 0 saturated carbocycles. The van der Waals surface area contributed by atoms with Gasteiger partial charge < -0.3 is 11.1 Å². The lowest BCUT2D eigenvalue weighted by atomic mass is 10.0. The molecule has 0 unspecified atom stereocenters. The second-order valence-electron chi connectivity index (χ2n) is 4.74. The normalized spacial score (nSPS) is 11.7. The number of rotatable bonds is 5. The van der Waals surface area contributed by atoms with Crippen molar-refractivity contribution in [1.82, 2.24) is 5.32 Å². The fourth-order valence-electron chi connectivity index (χ4n) is 2.00. The third-order valence-corrected chi connectivity index (χ3v) is 3.10. The number of benzene rings is 2. The summed E-state index contributed by atoms with van der Waals surface area (Å²) in [4.78, 5) is 23.5. The highest BCUT2D eigenvalue weighted by molar-refractivity contribution is 5.97. The highest BCUT2D eigenvalue weighted by Gasteiger charge is 2.21. The first kappa shape index (κ1) is 15.6. The molecule has 6 heteroatoms. The molecule has 0 aliphatic heterocycles.